The Morgan fingerprint density at radius 1 is 1.02 bits per heavy atom. The molecule has 7 nitrogen and oxygen atoms in total. The van der Waals surface area contributed by atoms with Crippen LogP contribution >= 0.6 is 22.9 Å². The van der Waals surface area contributed by atoms with Gasteiger partial charge in [-0.15, -0.1) is 11.3 Å². The lowest BCUT2D eigenvalue weighted by atomic mass is 9.94. The van der Waals surface area contributed by atoms with Gasteiger partial charge in [-0.05, 0) is 53.8 Å². The lowest BCUT2D eigenvalue weighted by molar-refractivity contribution is -0.258. The van der Waals surface area contributed by atoms with Crippen LogP contribution in [0.4, 0.5) is 13.2 Å². The second kappa shape index (κ2) is 11.3. The number of nitrogens with zero attached hydrogens (tertiary/aromatic N) is 2. The quantitative estimate of drug-likeness (QED) is 0.194. The molecule has 0 amide bonds. The van der Waals surface area contributed by atoms with Gasteiger partial charge >= 0.3 is 6.18 Å². The number of rotatable bonds is 8. The van der Waals surface area contributed by atoms with Crippen molar-refractivity contribution in [1.82, 2.24) is 14.7 Å². The normalized spacial score (nSPS) is 14.5. The van der Waals surface area contributed by atoms with Crippen LogP contribution in [-0.2, 0) is 15.6 Å². The van der Waals surface area contributed by atoms with Crippen molar-refractivity contribution in [2.45, 2.75) is 29.6 Å². The second-order valence-electron chi connectivity index (χ2n) is 9.48. The average molecular weight is 634 g/mol. The fourth-order valence-electron chi connectivity index (χ4n) is 4.32. The van der Waals surface area contributed by atoms with Crippen molar-refractivity contribution < 1.29 is 31.4 Å². The number of methoxy groups -OCH3 is 1. The van der Waals surface area contributed by atoms with E-state index in [4.69, 9.17) is 16.3 Å². The molecule has 5 rings (SSSR count). The van der Waals surface area contributed by atoms with Crippen molar-refractivity contribution in [2.24, 2.45) is 0 Å². The van der Waals surface area contributed by atoms with Crippen molar-refractivity contribution in [3.05, 3.63) is 106 Å². The van der Waals surface area contributed by atoms with Crippen LogP contribution in [0.3, 0.4) is 0 Å². The number of aromatic nitrogens is 2. The number of fused-ring (bicyclic) bond motifs is 1. The van der Waals surface area contributed by atoms with Gasteiger partial charge in [0.2, 0.25) is 15.9 Å². The first-order valence-corrected chi connectivity index (χ1v) is 15.0. The van der Waals surface area contributed by atoms with Crippen LogP contribution < -0.4 is 9.46 Å². The minimum Gasteiger partial charge on any atom is -0.481 e. The summed E-state index contributed by atoms with van der Waals surface area (Å²) in [5.74, 6) is 0.253. The van der Waals surface area contributed by atoms with Crippen molar-refractivity contribution in [3.8, 4) is 17.1 Å². The maximum absolute atomic E-state index is 13.5. The Morgan fingerprint density at radius 3 is 2.45 bits per heavy atom. The summed E-state index contributed by atoms with van der Waals surface area (Å²) in [6, 6.07) is 18.0. The smallest absolute Gasteiger partial charge is 0.421 e. The molecule has 0 aliphatic rings. The van der Waals surface area contributed by atoms with Crippen LogP contribution in [0, 0.1) is 0 Å². The van der Waals surface area contributed by atoms with E-state index in [1.54, 1.807) is 48.5 Å². The van der Waals surface area contributed by atoms with Crippen LogP contribution in [0.1, 0.15) is 29.0 Å². The molecule has 0 aliphatic carbocycles. The Kier molecular flexibility index (Phi) is 8.03. The topological polar surface area (TPSA) is 101 Å². The van der Waals surface area contributed by atoms with Gasteiger partial charge in [-0.3, -0.25) is 4.98 Å². The first-order chi connectivity index (χ1) is 19.8. The fourth-order valence-corrected chi connectivity index (χ4v) is 7.04. The number of benzene rings is 2. The lowest BCUT2D eigenvalue weighted by Gasteiger charge is -2.26. The molecule has 0 radical (unpaired) electrons. The first kappa shape index (κ1) is 29.9. The first-order valence-electron chi connectivity index (χ1n) is 12.4. The average Bonchev–Trinajstić information content (AvgIpc) is 3.40. The van der Waals surface area contributed by atoms with Crippen molar-refractivity contribution in [3.63, 3.8) is 0 Å². The number of hydrogen-bond donors (Lipinski definition) is 2. The third-order valence-electron chi connectivity index (χ3n) is 6.72. The van der Waals surface area contributed by atoms with E-state index < -0.39 is 27.8 Å². The summed E-state index contributed by atoms with van der Waals surface area (Å²) in [4.78, 5) is 8.76. The Labute approximate surface area is 248 Å². The summed E-state index contributed by atoms with van der Waals surface area (Å²) in [6.45, 7) is 0.689. The van der Waals surface area contributed by atoms with E-state index in [1.165, 1.54) is 49.0 Å². The van der Waals surface area contributed by atoms with Crippen LogP contribution in [0.15, 0.2) is 90.1 Å². The van der Waals surface area contributed by atoms with Gasteiger partial charge in [0.25, 0.3) is 0 Å². The molecule has 0 bridgehead atoms. The molecule has 0 fully saturated rings. The number of hydrogen-bond acceptors (Lipinski definition) is 7. The molecule has 13 heteroatoms. The summed E-state index contributed by atoms with van der Waals surface area (Å²) in [5, 5.41) is 11.3. The number of sulfonamides is 1. The Bertz CT molecular complexity index is 1860. The minimum absolute atomic E-state index is 0.0834. The maximum atomic E-state index is 13.5. The number of halogens is 4. The van der Waals surface area contributed by atoms with Crippen molar-refractivity contribution in [1.29, 1.82) is 0 Å². The number of pyridine rings is 2. The lowest BCUT2D eigenvalue weighted by Crippen LogP contribution is -2.39. The van der Waals surface area contributed by atoms with Crippen LogP contribution in [0.25, 0.3) is 21.3 Å². The summed E-state index contributed by atoms with van der Waals surface area (Å²) in [5.41, 5.74) is -2.20. The van der Waals surface area contributed by atoms with Crippen LogP contribution in [-0.4, -0.2) is 36.8 Å². The van der Waals surface area contributed by atoms with Gasteiger partial charge < -0.3 is 9.84 Å². The molecule has 5 aromatic rings. The standard InChI is InChI=1S/C29H23ClF3N3O4S2/c1-28(37,29(31,32)33)18-12-13-34-23(15-18)21-8-5-6-17-14-24(41-27(17)21)26(20-7-3-4-9-22(20)30)36-42(38,39)19-10-11-25(40-2)35-16-19/h3-16,26,36-37H,1-2H3/t26-,28?/m1/s1. The molecule has 0 aliphatic heterocycles. The van der Waals surface area contributed by atoms with Gasteiger partial charge in [-0.2, -0.15) is 17.9 Å². The minimum atomic E-state index is -4.90. The van der Waals surface area contributed by atoms with E-state index in [-0.39, 0.29) is 22.0 Å². The number of aliphatic hydroxyl groups is 1. The second-order valence-corrected chi connectivity index (χ2v) is 12.7. The molecule has 0 saturated heterocycles. The molecule has 0 spiro atoms. The zero-order chi connectivity index (χ0) is 30.3. The van der Waals surface area contributed by atoms with Gasteiger partial charge in [0.05, 0.1) is 25.0 Å². The summed E-state index contributed by atoms with van der Waals surface area (Å²) in [7, 11) is -2.68. The SMILES string of the molecule is COc1ccc(S(=O)(=O)N[C@@H](c2cc3cccc(-c4cc(C(C)(O)C(F)(F)F)ccn4)c3s2)c2ccccc2Cl)cn1. The number of ether oxygens (including phenoxy) is 1. The van der Waals surface area contributed by atoms with E-state index in [0.717, 1.165) is 6.07 Å². The van der Waals surface area contributed by atoms with Crippen LogP contribution in [0.2, 0.25) is 5.02 Å². The highest BCUT2D eigenvalue weighted by atomic mass is 35.5. The van der Waals surface area contributed by atoms with Crippen LogP contribution in [0.5, 0.6) is 5.88 Å². The Hall–Kier alpha value is -3.55. The summed E-state index contributed by atoms with van der Waals surface area (Å²) in [6.07, 6.45) is -2.50. The number of thiophene rings is 1. The van der Waals surface area contributed by atoms with Crippen molar-refractivity contribution >= 4 is 43.0 Å². The highest BCUT2D eigenvalue weighted by Crippen LogP contribution is 2.42. The molecule has 42 heavy (non-hydrogen) atoms. The molecule has 3 heterocycles. The Balaban J connectivity index is 1.62. The predicted octanol–water partition coefficient (Wildman–Crippen LogP) is 6.86. The molecule has 3 aromatic heterocycles. The molecule has 2 aromatic carbocycles. The zero-order valence-corrected chi connectivity index (χ0v) is 24.4. The molecule has 218 valence electrons. The van der Waals surface area contributed by atoms with E-state index in [2.05, 4.69) is 14.7 Å². The van der Waals surface area contributed by atoms with Gasteiger partial charge in [-0.1, -0.05) is 48.0 Å². The largest absolute Gasteiger partial charge is 0.481 e. The summed E-state index contributed by atoms with van der Waals surface area (Å²) >= 11 is 7.77. The van der Waals surface area contributed by atoms with E-state index >= 15 is 0 Å². The van der Waals surface area contributed by atoms with E-state index in [1.807, 2.05) is 0 Å². The third kappa shape index (κ3) is 5.72. The van der Waals surface area contributed by atoms with Gasteiger partial charge in [0.1, 0.15) is 4.90 Å². The fraction of sp³-hybridized carbons (Fsp3) is 0.172. The van der Waals surface area contributed by atoms with E-state index in [0.29, 0.717) is 38.0 Å². The number of alkyl halides is 3. The molecular weight excluding hydrogens is 611 g/mol. The van der Waals surface area contributed by atoms with E-state index in [9.17, 15) is 26.7 Å². The summed E-state index contributed by atoms with van der Waals surface area (Å²) < 4.78 is 76.0. The number of nitrogens with one attached hydrogen (secondary N) is 1. The predicted molar refractivity (Wildman–Crippen MR) is 155 cm³/mol. The van der Waals surface area contributed by atoms with Crippen molar-refractivity contribution in [2.75, 3.05) is 7.11 Å². The molecule has 2 atom stereocenters. The maximum Gasteiger partial charge on any atom is 0.421 e. The highest BCUT2D eigenvalue weighted by Gasteiger charge is 2.51. The molecule has 1 unspecified atom stereocenters. The molecular formula is C29H23ClF3N3O4S2. The Morgan fingerprint density at radius 2 is 1.79 bits per heavy atom. The molecule has 0 saturated carbocycles. The van der Waals surface area contributed by atoms with Gasteiger partial charge in [0, 0.05) is 32.4 Å². The van der Waals surface area contributed by atoms with Gasteiger partial charge in [0.15, 0.2) is 5.60 Å². The third-order valence-corrected chi connectivity index (χ3v) is 9.72. The monoisotopic (exact) mass is 633 g/mol. The van der Waals surface area contributed by atoms with Gasteiger partial charge in [-0.25, -0.2) is 13.4 Å². The molecule has 2 N–H and O–H groups in total. The zero-order valence-electron chi connectivity index (χ0n) is 22.1. The highest BCUT2D eigenvalue weighted by molar-refractivity contribution is 7.89.